The molecule has 112 valence electrons. The SMILES string of the molecule is Cc1cc(CN(C)C2CCOC2C)oc1CNC1CC1. The van der Waals surface area contributed by atoms with Gasteiger partial charge in [0.15, 0.2) is 0 Å². The largest absolute Gasteiger partial charge is 0.463 e. The number of likely N-dealkylation sites (N-methyl/N-ethyl adjacent to an activating group) is 1. The maximum absolute atomic E-state index is 6.01. The lowest BCUT2D eigenvalue weighted by Crippen LogP contribution is -2.36. The molecule has 0 bridgehead atoms. The molecule has 4 nitrogen and oxygen atoms in total. The Morgan fingerprint density at radius 3 is 2.80 bits per heavy atom. The van der Waals surface area contributed by atoms with Gasteiger partial charge in [0.05, 0.1) is 19.2 Å². The van der Waals surface area contributed by atoms with Gasteiger partial charge in [0.1, 0.15) is 11.5 Å². The monoisotopic (exact) mass is 278 g/mol. The van der Waals surface area contributed by atoms with Crippen LogP contribution in [0, 0.1) is 6.92 Å². The van der Waals surface area contributed by atoms with Crippen LogP contribution >= 0.6 is 0 Å². The van der Waals surface area contributed by atoms with Crippen molar-refractivity contribution in [3.63, 3.8) is 0 Å². The number of furan rings is 1. The normalized spacial score (nSPS) is 26.6. The standard InChI is InChI=1S/C16H26N2O2/c1-11-8-14(20-16(11)9-17-13-4-5-13)10-18(3)15-6-7-19-12(15)2/h8,12-13,15,17H,4-7,9-10H2,1-3H3. The lowest BCUT2D eigenvalue weighted by Gasteiger charge is -2.25. The third kappa shape index (κ3) is 3.25. The molecule has 2 fully saturated rings. The van der Waals surface area contributed by atoms with E-state index in [1.54, 1.807) is 0 Å². The van der Waals surface area contributed by atoms with E-state index in [2.05, 4.69) is 37.2 Å². The lowest BCUT2D eigenvalue weighted by atomic mass is 10.1. The molecule has 2 aliphatic rings. The molecular formula is C16H26N2O2. The quantitative estimate of drug-likeness (QED) is 0.867. The zero-order chi connectivity index (χ0) is 14.1. The molecule has 1 aliphatic heterocycles. The maximum Gasteiger partial charge on any atom is 0.120 e. The summed E-state index contributed by atoms with van der Waals surface area (Å²) in [5, 5.41) is 3.52. The highest BCUT2D eigenvalue weighted by Gasteiger charge is 2.28. The summed E-state index contributed by atoms with van der Waals surface area (Å²) in [7, 11) is 2.16. The van der Waals surface area contributed by atoms with Gasteiger partial charge in [-0.05, 0) is 51.8 Å². The average Bonchev–Trinajstić information content (AvgIpc) is 3.04. The van der Waals surface area contributed by atoms with Gasteiger partial charge in [0.2, 0.25) is 0 Å². The number of aryl methyl sites for hydroxylation is 1. The van der Waals surface area contributed by atoms with E-state index in [-0.39, 0.29) is 0 Å². The Bertz CT molecular complexity index is 453. The van der Waals surface area contributed by atoms with Crippen LogP contribution in [-0.2, 0) is 17.8 Å². The summed E-state index contributed by atoms with van der Waals surface area (Å²) in [5.41, 5.74) is 1.26. The zero-order valence-electron chi connectivity index (χ0n) is 12.8. The molecule has 2 atom stereocenters. The third-order valence-corrected chi connectivity index (χ3v) is 4.51. The molecule has 1 aliphatic carbocycles. The first-order valence-corrected chi connectivity index (χ1v) is 7.77. The first-order chi connectivity index (χ1) is 9.63. The number of nitrogens with zero attached hydrogens (tertiary/aromatic N) is 1. The van der Waals surface area contributed by atoms with Gasteiger partial charge >= 0.3 is 0 Å². The predicted molar refractivity (Wildman–Crippen MR) is 78.6 cm³/mol. The molecule has 3 rings (SSSR count). The van der Waals surface area contributed by atoms with Gasteiger partial charge in [-0.1, -0.05) is 0 Å². The summed E-state index contributed by atoms with van der Waals surface area (Å²) in [6, 6.07) is 3.41. The molecule has 2 unspecified atom stereocenters. The van der Waals surface area contributed by atoms with Crippen molar-refractivity contribution < 1.29 is 9.15 Å². The second-order valence-corrected chi connectivity index (χ2v) is 6.32. The van der Waals surface area contributed by atoms with E-state index in [0.29, 0.717) is 12.1 Å². The van der Waals surface area contributed by atoms with Gasteiger partial charge in [-0.2, -0.15) is 0 Å². The highest BCUT2D eigenvalue weighted by Crippen LogP contribution is 2.23. The molecule has 0 radical (unpaired) electrons. The first kappa shape index (κ1) is 14.1. The molecule has 1 saturated heterocycles. The van der Waals surface area contributed by atoms with Crippen LogP contribution < -0.4 is 5.32 Å². The fraction of sp³-hybridized carbons (Fsp3) is 0.750. The Labute approximate surface area is 121 Å². The Kier molecular flexibility index (Phi) is 4.15. The van der Waals surface area contributed by atoms with Crippen molar-refractivity contribution in [1.29, 1.82) is 0 Å². The number of hydrogen-bond acceptors (Lipinski definition) is 4. The smallest absolute Gasteiger partial charge is 0.120 e. The summed E-state index contributed by atoms with van der Waals surface area (Å²) >= 11 is 0. The van der Waals surface area contributed by atoms with Crippen LogP contribution in [0.2, 0.25) is 0 Å². The number of ether oxygens (including phenoxy) is 1. The number of rotatable bonds is 6. The summed E-state index contributed by atoms with van der Waals surface area (Å²) in [6.45, 7) is 6.90. The van der Waals surface area contributed by atoms with E-state index in [1.165, 1.54) is 18.4 Å². The minimum Gasteiger partial charge on any atom is -0.463 e. The fourth-order valence-corrected chi connectivity index (χ4v) is 3.03. The van der Waals surface area contributed by atoms with Crippen molar-refractivity contribution in [3.05, 3.63) is 23.2 Å². The Morgan fingerprint density at radius 2 is 2.15 bits per heavy atom. The minimum absolute atomic E-state index is 0.326. The van der Waals surface area contributed by atoms with Crippen molar-refractivity contribution in [3.8, 4) is 0 Å². The number of nitrogens with one attached hydrogen (secondary N) is 1. The van der Waals surface area contributed by atoms with E-state index in [4.69, 9.17) is 9.15 Å². The summed E-state index contributed by atoms with van der Waals surface area (Å²) in [4.78, 5) is 2.36. The molecule has 1 saturated carbocycles. The lowest BCUT2D eigenvalue weighted by molar-refractivity contribution is 0.0790. The van der Waals surface area contributed by atoms with Gasteiger partial charge < -0.3 is 14.5 Å². The molecular weight excluding hydrogens is 252 g/mol. The van der Waals surface area contributed by atoms with Crippen molar-refractivity contribution in [2.24, 2.45) is 0 Å². The predicted octanol–water partition coefficient (Wildman–Crippen LogP) is 2.45. The third-order valence-electron chi connectivity index (χ3n) is 4.51. The Hall–Kier alpha value is -0.840. The van der Waals surface area contributed by atoms with E-state index >= 15 is 0 Å². The highest BCUT2D eigenvalue weighted by atomic mass is 16.5. The second-order valence-electron chi connectivity index (χ2n) is 6.32. The summed E-state index contributed by atoms with van der Waals surface area (Å²) < 4.78 is 11.7. The highest BCUT2D eigenvalue weighted by molar-refractivity contribution is 5.20. The topological polar surface area (TPSA) is 37.6 Å². The molecule has 20 heavy (non-hydrogen) atoms. The first-order valence-electron chi connectivity index (χ1n) is 7.77. The molecule has 2 heterocycles. The second kappa shape index (κ2) is 5.88. The van der Waals surface area contributed by atoms with Crippen molar-refractivity contribution in [2.75, 3.05) is 13.7 Å². The average molecular weight is 278 g/mol. The van der Waals surface area contributed by atoms with Gasteiger partial charge in [0, 0.05) is 18.7 Å². The zero-order valence-corrected chi connectivity index (χ0v) is 12.8. The molecule has 0 spiro atoms. The minimum atomic E-state index is 0.326. The Balaban J connectivity index is 1.57. The molecule has 1 aromatic rings. The van der Waals surface area contributed by atoms with Crippen molar-refractivity contribution in [2.45, 2.75) is 64.4 Å². The van der Waals surface area contributed by atoms with Crippen LogP contribution in [0.15, 0.2) is 10.5 Å². The van der Waals surface area contributed by atoms with Crippen molar-refractivity contribution in [1.82, 2.24) is 10.2 Å². The Morgan fingerprint density at radius 1 is 1.35 bits per heavy atom. The van der Waals surface area contributed by atoms with Crippen LogP contribution in [0.5, 0.6) is 0 Å². The van der Waals surface area contributed by atoms with E-state index in [0.717, 1.165) is 43.7 Å². The number of hydrogen-bond donors (Lipinski definition) is 1. The van der Waals surface area contributed by atoms with Crippen LogP contribution in [0.25, 0.3) is 0 Å². The summed E-state index contributed by atoms with van der Waals surface area (Å²) in [6.07, 6.45) is 4.07. The molecule has 4 heteroatoms. The summed E-state index contributed by atoms with van der Waals surface area (Å²) in [5.74, 6) is 2.16. The van der Waals surface area contributed by atoms with Gasteiger partial charge in [-0.15, -0.1) is 0 Å². The van der Waals surface area contributed by atoms with E-state index < -0.39 is 0 Å². The maximum atomic E-state index is 6.01. The van der Waals surface area contributed by atoms with Crippen LogP contribution in [0.3, 0.4) is 0 Å². The van der Waals surface area contributed by atoms with Crippen LogP contribution in [-0.4, -0.2) is 36.7 Å². The molecule has 1 N–H and O–H groups in total. The molecule has 0 aromatic carbocycles. The van der Waals surface area contributed by atoms with E-state index in [9.17, 15) is 0 Å². The van der Waals surface area contributed by atoms with Gasteiger partial charge in [0.25, 0.3) is 0 Å². The van der Waals surface area contributed by atoms with Gasteiger partial charge in [-0.25, -0.2) is 0 Å². The molecule has 0 amide bonds. The van der Waals surface area contributed by atoms with E-state index in [1.807, 2.05) is 0 Å². The van der Waals surface area contributed by atoms with Crippen LogP contribution in [0.1, 0.15) is 43.3 Å². The van der Waals surface area contributed by atoms with Crippen molar-refractivity contribution >= 4 is 0 Å². The molecule has 1 aromatic heterocycles. The fourth-order valence-electron chi connectivity index (χ4n) is 3.03. The van der Waals surface area contributed by atoms with Gasteiger partial charge in [-0.3, -0.25) is 4.90 Å². The van der Waals surface area contributed by atoms with Crippen LogP contribution in [0.4, 0.5) is 0 Å².